The van der Waals surface area contributed by atoms with Crippen molar-refractivity contribution in [3.8, 4) is 0 Å². The summed E-state index contributed by atoms with van der Waals surface area (Å²) in [6.07, 6.45) is 4.33. The molecule has 0 saturated heterocycles. The van der Waals surface area contributed by atoms with Crippen LogP contribution in [-0.2, 0) is 0 Å². The van der Waals surface area contributed by atoms with Gasteiger partial charge in [-0.25, -0.2) is 9.50 Å². The summed E-state index contributed by atoms with van der Waals surface area (Å²) >= 11 is 0. The van der Waals surface area contributed by atoms with Gasteiger partial charge in [0.25, 0.3) is 0 Å². The normalized spacial score (nSPS) is 10.3. The molecule has 0 radical (unpaired) electrons. The standard InChI is InChI=1S/C7H4N4O3/c12-4-5-1-8-7-6(11(13)14)2-9-10(7)3-5/h1-4H. The second-order valence-corrected chi connectivity index (χ2v) is 2.56. The minimum absolute atomic E-state index is 0.126. The van der Waals surface area contributed by atoms with Crippen LogP contribution in [0.3, 0.4) is 0 Å². The molecule has 0 amide bonds. The third-order valence-corrected chi connectivity index (χ3v) is 1.69. The third kappa shape index (κ3) is 1.11. The smallest absolute Gasteiger partial charge is 0.298 e. The zero-order valence-electron chi connectivity index (χ0n) is 6.82. The molecule has 7 heteroatoms. The molecule has 2 heterocycles. The number of aldehydes is 1. The van der Waals surface area contributed by atoms with E-state index in [-0.39, 0.29) is 11.3 Å². The molecule has 0 aliphatic heterocycles. The number of carbonyl (C=O) groups is 1. The van der Waals surface area contributed by atoms with E-state index in [1.54, 1.807) is 0 Å². The number of nitrogens with zero attached hydrogens (tertiary/aromatic N) is 4. The summed E-state index contributed by atoms with van der Waals surface area (Å²) in [5, 5.41) is 14.2. The number of hydrogen-bond donors (Lipinski definition) is 0. The molecule has 2 rings (SSSR count). The Bertz CT molecular complexity index is 519. The molecule has 0 unspecified atom stereocenters. The van der Waals surface area contributed by atoms with Crippen molar-refractivity contribution in [3.63, 3.8) is 0 Å². The lowest BCUT2D eigenvalue weighted by Gasteiger charge is -1.92. The molecule has 0 fully saturated rings. The average molecular weight is 192 g/mol. The van der Waals surface area contributed by atoms with E-state index >= 15 is 0 Å². The molecule has 0 bridgehead atoms. The Morgan fingerprint density at radius 3 is 2.93 bits per heavy atom. The Morgan fingerprint density at radius 1 is 1.50 bits per heavy atom. The minimum atomic E-state index is -0.573. The van der Waals surface area contributed by atoms with E-state index in [1.165, 1.54) is 16.9 Å². The van der Waals surface area contributed by atoms with Crippen molar-refractivity contribution in [2.45, 2.75) is 0 Å². The van der Waals surface area contributed by atoms with Crippen molar-refractivity contribution < 1.29 is 9.72 Å². The van der Waals surface area contributed by atoms with Crippen molar-refractivity contribution in [3.05, 3.63) is 34.3 Å². The quantitative estimate of drug-likeness (QED) is 0.391. The molecule has 0 aromatic carbocycles. The van der Waals surface area contributed by atoms with Crippen LogP contribution >= 0.6 is 0 Å². The lowest BCUT2D eigenvalue weighted by molar-refractivity contribution is -0.383. The lowest BCUT2D eigenvalue weighted by atomic mass is 10.4. The van der Waals surface area contributed by atoms with Crippen LogP contribution < -0.4 is 0 Å². The van der Waals surface area contributed by atoms with E-state index in [1.807, 2.05) is 0 Å². The zero-order chi connectivity index (χ0) is 10.1. The molecular formula is C7H4N4O3. The van der Waals surface area contributed by atoms with E-state index in [2.05, 4.69) is 10.1 Å². The Labute approximate surface area is 77.1 Å². The predicted octanol–water partition coefficient (Wildman–Crippen LogP) is 0.450. The predicted molar refractivity (Wildman–Crippen MR) is 45.0 cm³/mol. The second kappa shape index (κ2) is 2.87. The van der Waals surface area contributed by atoms with E-state index < -0.39 is 4.92 Å². The van der Waals surface area contributed by atoms with Crippen molar-refractivity contribution in [1.29, 1.82) is 0 Å². The monoisotopic (exact) mass is 192 g/mol. The fourth-order valence-electron chi connectivity index (χ4n) is 1.07. The first-order valence-electron chi connectivity index (χ1n) is 3.65. The van der Waals surface area contributed by atoms with Gasteiger partial charge in [0.05, 0.1) is 10.5 Å². The molecule has 0 aliphatic carbocycles. The van der Waals surface area contributed by atoms with Crippen molar-refractivity contribution in [2.24, 2.45) is 0 Å². The summed E-state index contributed by atoms with van der Waals surface area (Å²) in [6.45, 7) is 0. The molecule has 2 aromatic rings. The molecule has 0 N–H and O–H groups in total. The summed E-state index contributed by atoms with van der Waals surface area (Å²) in [6, 6.07) is 0. The summed E-state index contributed by atoms with van der Waals surface area (Å²) in [5.41, 5.74) is 0.263. The average Bonchev–Trinajstić information content (AvgIpc) is 2.59. The van der Waals surface area contributed by atoms with Crippen LogP contribution in [0.25, 0.3) is 5.65 Å². The van der Waals surface area contributed by atoms with Gasteiger partial charge in [-0.3, -0.25) is 14.9 Å². The van der Waals surface area contributed by atoms with Gasteiger partial charge in [-0.05, 0) is 0 Å². The van der Waals surface area contributed by atoms with Crippen LogP contribution in [0.1, 0.15) is 10.4 Å². The SMILES string of the molecule is O=Cc1cnc2c([N+](=O)[O-])cnn2c1. The van der Waals surface area contributed by atoms with Gasteiger partial charge in [-0.2, -0.15) is 5.10 Å². The molecule has 14 heavy (non-hydrogen) atoms. The molecule has 0 atom stereocenters. The minimum Gasteiger partial charge on any atom is -0.298 e. The molecular weight excluding hydrogens is 188 g/mol. The van der Waals surface area contributed by atoms with Gasteiger partial charge in [0.15, 0.2) is 6.29 Å². The van der Waals surface area contributed by atoms with Gasteiger partial charge < -0.3 is 0 Å². The lowest BCUT2D eigenvalue weighted by Crippen LogP contribution is -1.94. The fourth-order valence-corrected chi connectivity index (χ4v) is 1.07. The van der Waals surface area contributed by atoms with Crippen LogP contribution in [-0.4, -0.2) is 25.8 Å². The van der Waals surface area contributed by atoms with Crippen LogP contribution in [0.5, 0.6) is 0 Å². The molecule has 2 aromatic heterocycles. The Hall–Kier alpha value is -2.31. The van der Waals surface area contributed by atoms with Crippen molar-refractivity contribution in [1.82, 2.24) is 14.6 Å². The first-order chi connectivity index (χ1) is 6.72. The maximum atomic E-state index is 10.5. The highest BCUT2D eigenvalue weighted by molar-refractivity contribution is 5.74. The molecule has 0 aliphatic rings. The van der Waals surface area contributed by atoms with Gasteiger partial charge in [0.1, 0.15) is 6.20 Å². The van der Waals surface area contributed by atoms with E-state index in [4.69, 9.17) is 0 Å². The Morgan fingerprint density at radius 2 is 2.29 bits per heavy atom. The van der Waals surface area contributed by atoms with Gasteiger partial charge in [0.2, 0.25) is 5.65 Å². The number of fused-ring (bicyclic) bond motifs is 1. The highest BCUT2D eigenvalue weighted by Gasteiger charge is 2.15. The summed E-state index contributed by atoms with van der Waals surface area (Å²) < 4.78 is 1.20. The topological polar surface area (TPSA) is 90.4 Å². The number of aromatic nitrogens is 3. The van der Waals surface area contributed by atoms with Gasteiger partial charge in [0, 0.05) is 12.4 Å². The molecule has 70 valence electrons. The second-order valence-electron chi connectivity index (χ2n) is 2.56. The van der Waals surface area contributed by atoms with Crippen molar-refractivity contribution in [2.75, 3.05) is 0 Å². The number of hydrogen-bond acceptors (Lipinski definition) is 5. The van der Waals surface area contributed by atoms with Crippen LogP contribution in [0.4, 0.5) is 5.69 Å². The maximum absolute atomic E-state index is 10.5. The zero-order valence-corrected chi connectivity index (χ0v) is 6.82. The van der Waals surface area contributed by atoms with E-state index in [9.17, 15) is 14.9 Å². The first kappa shape index (κ1) is 8.30. The fraction of sp³-hybridized carbons (Fsp3) is 0. The van der Waals surface area contributed by atoms with Gasteiger partial charge in [-0.15, -0.1) is 0 Å². The number of carbonyl (C=O) groups excluding carboxylic acids is 1. The number of nitro groups is 1. The van der Waals surface area contributed by atoms with Crippen LogP contribution in [0.15, 0.2) is 18.6 Å². The Balaban J connectivity index is 2.71. The maximum Gasteiger partial charge on any atom is 0.333 e. The molecule has 0 saturated carbocycles. The van der Waals surface area contributed by atoms with Crippen LogP contribution in [0, 0.1) is 10.1 Å². The Kier molecular flexibility index (Phi) is 1.70. The van der Waals surface area contributed by atoms with E-state index in [0.29, 0.717) is 11.8 Å². The van der Waals surface area contributed by atoms with E-state index in [0.717, 1.165) is 6.20 Å². The van der Waals surface area contributed by atoms with Crippen LogP contribution in [0.2, 0.25) is 0 Å². The molecule has 7 nitrogen and oxygen atoms in total. The first-order valence-corrected chi connectivity index (χ1v) is 3.65. The van der Waals surface area contributed by atoms with Gasteiger partial charge >= 0.3 is 5.69 Å². The highest BCUT2D eigenvalue weighted by atomic mass is 16.6. The summed E-state index contributed by atoms with van der Waals surface area (Å²) in [4.78, 5) is 24.0. The van der Waals surface area contributed by atoms with Crippen molar-refractivity contribution >= 4 is 17.6 Å². The summed E-state index contributed by atoms with van der Waals surface area (Å²) in [5.74, 6) is 0. The third-order valence-electron chi connectivity index (χ3n) is 1.69. The largest absolute Gasteiger partial charge is 0.333 e. The summed E-state index contributed by atoms with van der Waals surface area (Å²) in [7, 11) is 0. The molecule has 0 spiro atoms. The number of rotatable bonds is 2. The highest BCUT2D eigenvalue weighted by Crippen LogP contribution is 2.15. The van der Waals surface area contributed by atoms with Gasteiger partial charge in [-0.1, -0.05) is 0 Å².